The second-order valence-electron chi connectivity index (χ2n) is 7.48. The fraction of sp³-hybridized carbons (Fsp3) is 0.120. The average molecular weight is 490 g/mol. The molecule has 0 unspecified atom stereocenters. The van der Waals surface area contributed by atoms with Crippen LogP contribution >= 0.6 is 23.4 Å². The number of hydrogen-bond acceptors (Lipinski definition) is 7. The summed E-state index contributed by atoms with van der Waals surface area (Å²) in [5, 5.41) is 18.6. The number of ether oxygens (including phenoxy) is 1. The summed E-state index contributed by atoms with van der Waals surface area (Å²) in [5.74, 6) is 2.82. The van der Waals surface area contributed by atoms with Crippen LogP contribution < -0.4 is 4.74 Å². The van der Waals surface area contributed by atoms with Crippen molar-refractivity contribution in [3.8, 4) is 34.3 Å². The van der Waals surface area contributed by atoms with Gasteiger partial charge in [0.05, 0.1) is 23.4 Å². The second kappa shape index (κ2) is 9.70. The topological polar surface area (TPSA) is 78.9 Å². The highest BCUT2D eigenvalue weighted by atomic mass is 35.5. The molecule has 2 heterocycles. The van der Waals surface area contributed by atoms with Gasteiger partial charge in [-0.2, -0.15) is 0 Å². The van der Waals surface area contributed by atoms with E-state index in [1.165, 1.54) is 17.3 Å². The van der Waals surface area contributed by atoms with Crippen LogP contribution in [0.15, 0.2) is 82.4 Å². The Morgan fingerprint density at radius 1 is 0.912 bits per heavy atom. The molecule has 5 aromatic rings. The molecule has 34 heavy (non-hydrogen) atoms. The Balaban J connectivity index is 1.45. The molecule has 0 spiro atoms. The normalized spacial score (nSPS) is 11.0. The number of aromatic nitrogens is 5. The van der Waals surface area contributed by atoms with Crippen LogP contribution in [0.3, 0.4) is 0 Å². The zero-order chi connectivity index (χ0) is 23.5. The maximum Gasteiger partial charge on any atom is 0.249 e. The Kier molecular flexibility index (Phi) is 6.33. The Hall–Kier alpha value is -3.62. The summed E-state index contributed by atoms with van der Waals surface area (Å²) in [6, 6.07) is 23.4. The summed E-state index contributed by atoms with van der Waals surface area (Å²) in [7, 11) is 1.65. The summed E-state index contributed by atoms with van der Waals surface area (Å²) in [5.41, 5.74) is 3.78. The standard InChI is InChI=1S/C25H20ClN5O2S/c1-16-7-11-18(12-8-16)31-23(17-9-13-19(32-2)14-10-17)28-30-25(31)34-15-22-27-29-24(33-22)20-5-3-4-6-21(20)26/h3-14H,15H2,1-2H3. The van der Waals surface area contributed by atoms with Crippen molar-refractivity contribution in [2.75, 3.05) is 7.11 Å². The number of methoxy groups -OCH3 is 1. The van der Waals surface area contributed by atoms with Crippen LogP contribution in [0.25, 0.3) is 28.5 Å². The van der Waals surface area contributed by atoms with Crippen LogP contribution in [0.4, 0.5) is 0 Å². The van der Waals surface area contributed by atoms with Crippen molar-refractivity contribution < 1.29 is 9.15 Å². The molecule has 7 nitrogen and oxygen atoms in total. The molecule has 0 aliphatic heterocycles. The predicted molar refractivity (Wildman–Crippen MR) is 132 cm³/mol. The van der Waals surface area contributed by atoms with E-state index in [0.717, 1.165) is 22.8 Å². The molecule has 0 bridgehead atoms. The number of hydrogen-bond donors (Lipinski definition) is 0. The van der Waals surface area contributed by atoms with Gasteiger partial charge in [0.25, 0.3) is 0 Å². The molecule has 0 amide bonds. The molecule has 0 aliphatic rings. The number of halogens is 1. The van der Waals surface area contributed by atoms with Crippen LogP contribution in [0, 0.1) is 6.92 Å². The maximum absolute atomic E-state index is 6.26. The Labute approximate surface area is 205 Å². The minimum Gasteiger partial charge on any atom is -0.497 e. The molecule has 0 saturated carbocycles. The van der Waals surface area contributed by atoms with Crippen molar-refractivity contribution in [3.63, 3.8) is 0 Å². The van der Waals surface area contributed by atoms with Gasteiger partial charge in [-0.3, -0.25) is 4.57 Å². The lowest BCUT2D eigenvalue weighted by Crippen LogP contribution is -2.00. The van der Waals surface area contributed by atoms with Gasteiger partial charge in [-0.15, -0.1) is 20.4 Å². The smallest absolute Gasteiger partial charge is 0.249 e. The molecular formula is C25H20ClN5O2S. The van der Waals surface area contributed by atoms with Crippen molar-refractivity contribution >= 4 is 23.4 Å². The van der Waals surface area contributed by atoms with Crippen LogP contribution in [0.2, 0.25) is 5.02 Å². The quantitative estimate of drug-likeness (QED) is 0.250. The average Bonchev–Trinajstić information content (AvgIpc) is 3.51. The third kappa shape index (κ3) is 4.55. The van der Waals surface area contributed by atoms with Crippen LogP contribution in [-0.4, -0.2) is 32.1 Å². The van der Waals surface area contributed by atoms with E-state index in [4.69, 9.17) is 20.8 Å². The number of nitrogens with zero attached hydrogens (tertiary/aromatic N) is 5. The lowest BCUT2D eigenvalue weighted by atomic mass is 10.2. The first-order chi connectivity index (χ1) is 16.6. The van der Waals surface area contributed by atoms with Crippen molar-refractivity contribution in [1.29, 1.82) is 0 Å². The lowest BCUT2D eigenvalue weighted by molar-refractivity contribution is 0.415. The van der Waals surface area contributed by atoms with Gasteiger partial charge in [-0.05, 0) is 55.5 Å². The van der Waals surface area contributed by atoms with E-state index >= 15 is 0 Å². The fourth-order valence-corrected chi connectivity index (χ4v) is 4.40. The first-order valence-corrected chi connectivity index (χ1v) is 11.9. The fourth-order valence-electron chi connectivity index (χ4n) is 3.40. The Bertz CT molecular complexity index is 1410. The molecule has 0 aliphatic carbocycles. The molecule has 3 aromatic carbocycles. The molecule has 0 N–H and O–H groups in total. The summed E-state index contributed by atoms with van der Waals surface area (Å²) >= 11 is 7.73. The summed E-state index contributed by atoms with van der Waals surface area (Å²) in [4.78, 5) is 0. The van der Waals surface area contributed by atoms with Gasteiger partial charge in [0, 0.05) is 11.3 Å². The largest absolute Gasteiger partial charge is 0.497 e. The number of benzene rings is 3. The van der Waals surface area contributed by atoms with Gasteiger partial charge in [-0.1, -0.05) is 53.2 Å². The molecule has 0 radical (unpaired) electrons. The first-order valence-electron chi connectivity index (χ1n) is 10.5. The van der Waals surface area contributed by atoms with E-state index in [-0.39, 0.29) is 0 Å². The second-order valence-corrected chi connectivity index (χ2v) is 8.82. The SMILES string of the molecule is COc1ccc(-c2nnc(SCc3nnc(-c4ccccc4Cl)o3)n2-c2ccc(C)cc2)cc1. The van der Waals surface area contributed by atoms with Crippen molar-refractivity contribution in [2.24, 2.45) is 0 Å². The molecular weight excluding hydrogens is 470 g/mol. The number of rotatable bonds is 7. The molecule has 9 heteroatoms. The Morgan fingerprint density at radius 2 is 1.68 bits per heavy atom. The van der Waals surface area contributed by atoms with E-state index in [1.807, 2.05) is 47.0 Å². The minimum absolute atomic E-state index is 0.389. The van der Waals surface area contributed by atoms with E-state index in [9.17, 15) is 0 Å². The zero-order valence-corrected chi connectivity index (χ0v) is 20.0. The minimum atomic E-state index is 0.389. The highest BCUT2D eigenvalue weighted by Gasteiger charge is 2.18. The summed E-state index contributed by atoms with van der Waals surface area (Å²) in [6.45, 7) is 2.06. The van der Waals surface area contributed by atoms with E-state index in [0.29, 0.717) is 33.3 Å². The lowest BCUT2D eigenvalue weighted by Gasteiger charge is -2.11. The zero-order valence-electron chi connectivity index (χ0n) is 18.5. The first kappa shape index (κ1) is 22.2. The molecule has 5 rings (SSSR count). The third-order valence-corrected chi connectivity index (χ3v) is 6.41. The number of aryl methyl sites for hydroxylation is 1. The summed E-state index contributed by atoms with van der Waals surface area (Å²) in [6.07, 6.45) is 0. The molecule has 0 saturated heterocycles. The van der Waals surface area contributed by atoms with Crippen LogP contribution in [0.5, 0.6) is 5.75 Å². The highest BCUT2D eigenvalue weighted by Crippen LogP contribution is 2.32. The van der Waals surface area contributed by atoms with Gasteiger partial charge in [-0.25, -0.2) is 0 Å². The van der Waals surface area contributed by atoms with Gasteiger partial charge < -0.3 is 9.15 Å². The van der Waals surface area contributed by atoms with E-state index < -0.39 is 0 Å². The van der Waals surface area contributed by atoms with Crippen molar-refractivity contribution in [3.05, 3.63) is 89.3 Å². The van der Waals surface area contributed by atoms with E-state index in [2.05, 4.69) is 51.6 Å². The van der Waals surface area contributed by atoms with Gasteiger partial charge in [0.15, 0.2) is 11.0 Å². The maximum atomic E-state index is 6.26. The van der Waals surface area contributed by atoms with Gasteiger partial charge in [0.1, 0.15) is 5.75 Å². The monoisotopic (exact) mass is 489 g/mol. The third-order valence-electron chi connectivity index (χ3n) is 5.17. The van der Waals surface area contributed by atoms with Crippen LogP contribution in [-0.2, 0) is 5.75 Å². The molecule has 2 aromatic heterocycles. The van der Waals surface area contributed by atoms with Crippen molar-refractivity contribution in [2.45, 2.75) is 17.8 Å². The van der Waals surface area contributed by atoms with Crippen molar-refractivity contribution in [1.82, 2.24) is 25.0 Å². The summed E-state index contributed by atoms with van der Waals surface area (Å²) < 4.78 is 13.2. The van der Waals surface area contributed by atoms with Gasteiger partial charge in [0.2, 0.25) is 11.8 Å². The van der Waals surface area contributed by atoms with E-state index in [1.54, 1.807) is 13.2 Å². The Morgan fingerprint density at radius 3 is 2.41 bits per heavy atom. The number of thioether (sulfide) groups is 1. The molecule has 0 atom stereocenters. The molecule has 170 valence electrons. The molecule has 0 fully saturated rings. The highest BCUT2D eigenvalue weighted by molar-refractivity contribution is 7.98. The van der Waals surface area contributed by atoms with Gasteiger partial charge >= 0.3 is 0 Å². The van der Waals surface area contributed by atoms with Crippen LogP contribution in [0.1, 0.15) is 11.5 Å². The predicted octanol–water partition coefficient (Wildman–Crippen LogP) is 6.25.